The summed E-state index contributed by atoms with van der Waals surface area (Å²) in [4.78, 5) is 31.9. The first kappa shape index (κ1) is 18.8. The molecule has 0 radical (unpaired) electrons. The van der Waals surface area contributed by atoms with Crippen molar-refractivity contribution in [3.05, 3.63) is 66.6 Å². The molecule has 2 amide bonds. The van der Waals surface area contributed by atoms with E-state index in [0.29, 0.717) is 22.9 Å². The van der Waals surface area contributed by atoms with Gasteiger partial charge in [0.15, 0.2) is 0 Å². The van der Waals surface area contributed by atoms with E-state index < -0.39 is 5.91 Å². The van der Waals surface area contributed by atoms with Gasteiger partial charge in [-0.3, -0.25) is 9.59 Å². The topological polar surface area (TPSA) is 105 Å². The van der Waals surface area contributed by atoms with E-state index in [1.54, 1.807) is 31.4 Å². The lowest BCUT2D eigenvalue weighted by molar-refractivity contribution is -0.114. The molecule has 28 heavy (non-hydrogen) atoms. The third-order valence-corrected chi connectivity index (χ3v) is 3.70. The van der Waals surface area contributed by atoms with Gasteiger partial charge in [0.1, 0.15) is 17.3 Å². The van der Waals surface area contributed by atoms with Crippen molar-refractivity contribution in [2.45, 2.75) is 6.92 Å². The largest absolute Gasteiger partial charge is 0.495 e. The molecule has 0 saturated carbocycles. The molecule has 8 nitrogen and oxygen atoms in total. The molecule has 0 saturated heterocycles. The molecule has 0 aliphatic carbocycles. The van der Waals surface area contributed by atoms with Gasteiger partial charge in [-0.05, 0) is 30.3 Å². The minimum Gasteiger partial charge on any atom is -0.495 e. The number of nitrogens with one attached hydrogen (secondary N) is 3. The van der Waals surface area contributed by atoms with Crippen LogP contribution in [0.1, 0.15) is 17.4 Å². The van der Waals surface area contributed by atoms with E-state index in [4.69, 9.17) is 4.74 Å². The van der Waals surface area contributed by atoms with Gasteiger partial charge >= 0.3 is 0 Å². The van der Waals surface area contributed by atoms with Crippen molar-refractivity contribution < 1.29 is 14.3 Å². The third-order valence-electron chi connectivity index (χ3n) is 3.70. The number of methoxy groups -OCH3 is 1. The van der Waals surface area contributed by atoms with Crippen molar-refractivity contribution in [1.29, 1.82) is 0 Å². The van der Waals surface area contributed by atoms with Gasteiger partial charge in [-0.15, -0.1) is 0 Å². The molecule has 0 aliphatic rings. The van der Waals surface area contributed by atoms with Gasteiger partial charge in [0.2, 0.25) is 5.91 Å². The third kappa shape index (κ3) is 4.82. The van der Waals surface area contributed by atoms with E-state index in [1.807, 2.05) is 24.3 Å². The molecule has 0 aliphatic heterocycles. The summed E-state index contributed by atoms with van der Waals surface area (Å²) in [5, 5.41) is 8.48. The minimum atomic E-state index is -0.406. The van der Waals surface area contributed by atoms with Crippen LogP contribution in [0.3, 0.4) is 0 Å². The molecule has 0 spiro atoms. The van der Waals surface area contributed by atoms with Crippen LogP contribution in [0.4, 0.5) is 22.9 Å². The Bertz CT molecular complexity index is 989. The standard InChI is InChI=1S/C20H19N5O3/c1-13(26)23-14-6-5-7-15(10-14)24-20(27)17-11-22-19(12-21-17)25-16-8-3-4-9-18(16)28-2/h3-12H,1-2H3,(H,22,25)(H,23,26)(H,24,27). The summed E-state index contributed by atoms with van der Waals surface area (Å²) < 4.78 is 5.28. The molecule has 3 rings (SSSR count). The van der Waals surface area contributed by atoms with E-state index >= 15 is 0 Å². The highest BCUT2D eigenvalue weighted by Crippen LogP contribution is 2.25. The molecule has 1 aromatic heterocycles. The summed E-state index contributed by atoms with van der Waals surface area (Å²) in [6.45, 7) is 1.42. The fourth-order valence-electron chi connectivity index (χ4n) is 2.47. The number of carbonyl (C=O) groups excluding carboxylic acids is 2. The van der Waals surface area contributed by atoms with Crippen molar-refractivity contribution in [3.8, 4) is 5.75 Å². The summed E-state index contributed by atoms with van der Waals surface area (Å²) in [5.74, 6) is 0.558. The molecular formula is C20H19N5O3. The zero-order valence-corrected chi connectivity index (χ0v) is 15.4. The Morgan fingerprint density at radius 2 is 1.68 bits per heavy atom. The highest BCUT2D eigenvalue weighted by molar-refractivity contribution is 6.03. The number of amides is 2. The maximum absolute atomic E-state index is 12.4. The fraction of sp³-hybridized carbons (Fsp3) is 0.100. The van der Waals surface area contributed by atoms with Crippen molar-refractivity contribution in [2.24, 2.45) is 0 Å². The Kier molecular flexibility index (Phi) is 5.81. The van der Waals surface area contributed by atoms with E-state index in [2.05, 4.69) is 25.9 Å². The highest BCUT2D eigenvalue weighted by atomic mass is 16.5. The number of ether oxygens (including phenoxy) is 1. The van der Waals surface area contributed by atoms with Crippen molar-refractivity contribution in [1.82, 2.24) is 9.97 Å². The van der Waals surface area contributed by atoms with Crippen molar-refractivity contribution >= 4 is 34.7 Å². The van der Waals surface area contributed by atoms with E-state index in [1.165, 1.54) is 19.3 Å². The summed E-state index contributed by atoms with van der Waals surface area (Å²) in [7, 11) is 1.58. The first-order valence-electron chi connectivity index (χ1n) is 8.46. The normalized spacial score (nSPS) is 10.1. The number of benzene rings is 2. The van der Waals surface area contributed by atoms with Crippen LogP contribution in [0, 0.1) is 0 Å². The summed E-state index contributed by atoms with van der Waals surface area (Å²) in [5.41, 5.74) is 2.03. The van der Waals surface area contributed by atoms with Crippen LogP contribution in [-0.2, 0) is 4.79 Å². The monoisotopic (exact) mass is 377 g/mol. The summed E-state index contributed by atoms with van der Waals surface area (Å²) in [6, 6.07) is 14.2. The van der Waals surface area contributed by atoms with Crippen LogP contribution >= 0.6 is 0 Å². The molecule has 1 heterocycles. The number of para-hydroxylation sites is 2. The number of nitrogens with zero attached hydrogens (tertiary/aromatic N) is 2. The van der Waals surface area contributed by atoms with Gasteiger partial charge in [0, 0.05) is 18.3 Å². The lowest BCUT2D eigenvalue weighted by atomic mass is 10.2. The van der Waals surface area contributed by atoms with Crippen LogP contribution in [-0.4, -0.2) is 28.9 Å². The number of hydrogen-bond donors (Lipinski definition) is 3. The van der Waals surface area contributed by atoms with Gasteiger partial charge in [-0.2, -0.15) is 0 Å². The van der Waals surface area contributed by atoms with Crippen molar-refractivity contribution in [3.63, 3.8) is 0 Å². The molecule has 3 aromatic rings. The predicted octanol–water partition coefficient (Wildman–Crippen LogP) is 3.44. The van der Waals surface area contributed by atoms with E-state index in [-0.39, 0.29) is 11.6 Å². The Morgan fingerprint density at radius 3 is 2.36 bits per heavy atom. The second kappa shape index (κ2) is 8.63. The number of rotatable bonds is 6. The Hall–Kier alpha value is -3.94. The summed E-state index contributed by atoms with van der Waals surface area (Å²) in [6.07, 6.45) is 2.85. The van der Waals surface area contributed by atoms with Gasteiger partial charge in [-0.1, -0.05) is 18.2 Å². The fourth-order valence-corrected chi connectivity index (χ4v) is 2.47. The number of hydrogen-bond acceptors (Lipinski definition) is 6. The molecule has 0 fully saturated rings. The number of anilines is 4. The molecular weight excluding hydrogens is 358 g/mol. The molecule has 0 bridgehead atoms. The molecule has 2 aromatic carbocycles. The van der Waals surface area contributed by atoms with Crippen LogP contribution in [0.25, 0.3) is 0 Å². The lowest BCUT2D eigenvalue weighted by Gasteiger charge is -2.10. The predicted molar refractivity (Wildman–Crippen MR) is 107 cm³/mol. The smallest absolute Gasteiger partial charge is 0.275 e. The maximum atomic E-state index is 12.4. The van der Waals surface area contributed by atoms with Gasteiger partial charge in [0.05, 0.1) is 25.2 Å². The average molecular weight is 377 g/mol. The minimum absolute atomic E-state index is 0.163. The zero-order chi connectivity index (χ0) is 19.9. The Balaban J connectivity index is 1.68. The highest BCUT2D eigenvalue weighted by Gasteiger charge is 2.10. The average Bonchev–Trinajstić information content (AvgIpc) is 2.68. The molecule has 142 valence electrons. The Morgan fingerprint density at radius 1 is 0.929 bits per heavy atom. The first-order valence-corrected chi connectivity index (χ1v) is 8.46. The molecule has 0 unspecified atom stereocenters. The second-order valence-electron chi connectivity index (χ2n) is 5.83. The van der Waals surface area contributed by atoms with Crippen LogP contribution in [0.5, 0.6) is 5.75 Å². The second-order valence-corrected chi connectivity index (χ2v) is 5.83. The zero-order valence-electron chi connectivity index (χ0n) is 15.4. The molecule has 0 atom stereocenters. The van der Waals surface area contributed by atoms with E-state index in [9.17, 15) is 9.59 Å². The Labute approximate surface area is 162 Å². The van der Waals surface area contributed by atoms with Crippen molar-refractivity contribution in [2.75, 3.05) is 23.1 Å². The van der Waals surface area contributed by atoms with Gasteiger partial charge in [0.25, 0.3) is 5.91 Å². The van der Waals surface area contributed by atoms with Gasteiger partial charge < -0.3 is 20.7 Å². The maximum Gasteiger partial charge on any atom is 0.275 e. The van der Waals surface area contributed by atoms with Crippen LogP contribution < -0.4 is 20.7 Å². The SMILES string of the molecule is COc1ccccc1Nc1cnc(C(=O)Nc2cccc(NC(C)=O)c2)cn1. The quantitative estimate of drug-likeness (QED) is 0.608. The van der Waals surface area contributed by atoms with Crippen LogP contribution in [0.15, 0.2) is 60.9 Å². The molecule has 3 N–H and O–H groups in total. The van der Waals surface area contributed by atoms with Gasteiger partial charge in [-0.25, -0.2) is 9.97 Å². The number of carbonyl (C=O) groups is 2. The van der Waals surface area contributed by atoms with E-state index in [0.717, 1.165) is 5.69 Å². The molecule has 8 heteroatoms. The van der Waals surface area contributed by atoms with Crippen LogP contribution in [0.2, 0.25) is 0 Å². The first-order chi connectivity index (χ1) is 13.5. The lowest BCUT2D eigenvalue weighted by Crippen LogP contribution is -2.14. The number of aromatic nitrogens is 2. The summed E-state index contributed by atoms with van der Waals surface area (Å²) >= 11 is 0.